The third-order valence-corrected chi connectivity index (χ3v) is 3.72. The van der Waals surface area contributed by atoms with Crippen molar-refractivity contribution in [1.82, 2.24) is 10.6 Å². The van der Waals surface area contributed by atoms with Crippen molar-refractivity contribution in [3.63, 3.8) is 0 Å². The number of benzene rings is 2. The Morgan fingerprint density at radius 1 is 1.08 bits per heavy atom. The number of ether oxygens (including phenoxy) is 1. The summed E-state index contributed by atoms with van der Waals surface area (Å²) in [5.41, 5.74) is 1.89. The monoisotopic (exact) mass is 329 g/mol. The Kier molecular flexibility index (Phi) is 7.08. The van der Waals surface area contributed by atoms with Crippen LogP contribution in [-0.2, 0) is 13.0 Å². The number of rotatable bonds is 7. The van der Waals surface area contributed by atoms with Crippen molar-refractivity contribution in [3.05, 3.63) is 65.5 Å². The zero-order valence-electron chi connectivity index (χ0n) is 14.2. The molecule has 2 rings (SSSR count). The first kappa shape index (κ1) is 17.8. The molecule has 0 bridgehead atoms. The Bertz CT molecular complexity index is 656. The highest BCUT2D eigenvalue weighted by molar-refractivity contribution is 5.79. The van der Waals surface area contributed by atoms with E-state index in [0.29, 0.717) is 18.1 Å². The first-order valence-corrected chi connectivity index (χ1v) is 8.04. The molecule has 0 spiro atoms. The fraction of sp³-hybridized carbons (Fsp3) is 0.316. The maximum absolute atomic E-state index is 13.6. The van der Waals surface area contributed by atoms with Crippen molar-refractivity contribution in [2.75, 3.05) is 20.7 Å². The van der Waals surface area contributed by atoms with Gasteiger partial charge in [0.1, 0.15) is 11.6 Å². The summed E-state index contributed by atoms with van der Waals surface area (Å²) in [6.45, 7) is 1.20. The lowest BCUT2D eigenvalue weighted by Crippen LogP contribution is -2.37. The molecule has 0 heterocycles. The maximum Gasteiger partial charge on any atom is 0.191 e. The van der Waals surface area contributed by atoms with Crippen LogP contribution in [0.2, 0.25) is 0 Å². The van der Waals surface area contributed by atoms with Crippen molar-refractivity contribution in [1.29, 1.82) is 0 Å². The molecule has 4 nitrogen and oxygen atoms in total. The van der Waals surface area contributed by atoms with E-state index < -0.39 is 0 Å². The predicted molar refractivity (Wildman–Crippen MR) is 95.9 cm³/mol. The van der Waals surface area contributed by atoms with Gasteiger partial charge in [0.15, 0.2) is 5.96 Å². The topological polar surface area (TPSA) is 45.7 Å². The van der Waals surface area contributed by atoms with Gasteiger partial charge in [-0.2, -0.15) is 0 Å². The van der Waals surface area contributed by atoms with Gasteiger partial charge in [0.25, 0.3) is 0 Å². The van der Waals surface area contributed by atoms with E-state index in [1.807, 2.05) is 18.2 Å². The van der Waals surface area contributed by atoms with E-state index in [9.17, 15) is 4.39 Å². The third-order valence-electron chi connectivity index (χ3n) is 3.72. The Balaban J connectivity index is 1.70. The number of aliphatic imine (C=N–C) groups is 1. The molecule has 0 aliphatic heterocycles. The number of hydrogen-bond donors (Lipinski definition) is 2. The van der Waals surface area contributed by atoms with Crippen LogP contribution in [0.4, 0.5) is 4.39 Å². The highest BCUT2D eigenvalue weighted by atomic mass is 19.1. The van der Waals surface area contributed by atoms with Crippen molar-refractivity contribution < 1.29 is 9.13 Å². The van der Waals surface area contributed by atoms with Crippen LogP contribution < -0.4 is 15.4 Å². The number of nitrogens with one attached hydrogen (secondary N) is 2. The number of halogens is 1. The molecule has 0 aromatic heterocycles. The van der Waals surface area contributed by atoms with E-state index in [0.717, 1.165) is 25.1 Å². The largest absolute Gasteiger partial charge is 0.497 e. The Labute approximate surface area is 142 Å². The average Bonchev–Trinajstić information content (AvgIpc) is 2.63. The summed E-state index contributed by atoms with van der Waals surface area (Å²) >= 11 is 0. The second kappa shape index (κ2) is 9.55. The van der Waals surface area contributed by atoms with Crippen LogP contribution in [0.15, 0.2) is 53.5 Å². The van der Waals surface area contributed by atoms with Gasteiger partial charge >= 0.3 is 0 Å². The number of methoxy groups -OCH3 is 1. The molecule has 2 N–H and O–H groups in total. The normalized spacial score (nSPS) is 11.2. The van der Waals surface area contributed by atoms with Gasteiger partial charge in [-0.05, 0) is 36.6 Å². The van der Waals surface area contributed by atoms with E-state index in [4.69, 9.17) is 4.74 Å². The van der Waals surface area contributed by atoms with Gasteiger partial charge in [0, 0.05) is 25.7 Å². The van der Waals surface area contributed by atoms with Crippen LogP contribution in [0.3, 0.4) is 0 Å². The number of guanidine groups is 1. The molecule has 0 aliphatic rings. The standard InChI is InChI=1S/C19H24FN3O/c1-21-19(23-14-16-7-3-4-8-18(16)20)22-13-5-6-15-9-11-17(24-2)12-10-15/h3-4,7-12H,5-6,13-14H2,1-2H3,(H2,21,22,23). The minimum absolute atomic E-state index is 0.208. The third kappa shape index (κ3) is 5.57. The minimum atomic E-state index is -0.208. The maximum atomic E-state index is 13.6. The van der Waals surface area contributed by atoms with Crippen LogP contribution in [-0.4, -0.2) is 26.7 Å². The molecule has 0 aliphatic carbocycles. The van der Waals surface area contributed by atoms with Gasteiger partial charge in [0.05, 0.1) is 7.11 Å². The molecule has 0 fully saturated rings. The van der Waals surface area contributed by atoms with Gasteiger partial charge in [-0.3, -0.25) is 4.99 Å². The highest BCUT2D eigenvalue weighted by Crippen LogP contribution is 2.12. The summed E-state index contributed by atoms with van der Waals surface area (Å²) in [6.07, 6.45) is 1.95. The second-order valence-electron chi connectivity index (χ2n) is 5.40. The first-order valence-electron chi connectivity index (χ1n) is 8.04. The molecular formula is C19H24FN3O. The van der Waals surface area contributed by atoms with Gasteiger partial charge in [-0.25, -0.2) is 4.39 Å². The van der Waals surface area contributed by atoms with Crippen LogP contribution in [0, 0.1) is 5.82 Å². The quantitative estimate of drug-likeness (QED) is 0.466. The summed E-state index contributed by atoms with van der Waals surface area (Å²) in [6, 6.07) is 14.8. The van der Waals surface area contributed by atoms with Gasteiger partial charge in [0.2, 0.25) is 0 Å². The molecule has 2 aromatic carbocycles. The summed E-state index contributed by atoms with van der Waals surface area (Å²) in [5, 5.41) is 6.37. The SMILES string of the molecule is CN=C(NCCCc1ccc(OC)cc1)NCc1ccccc1F. The molecule has 0 atom stereocenters. The Hall–Kier alpha value is -2.56. The van der Waals surface area contributed by atoms with Gasteiger partial charge in [-0.1, -0.05) is 30.3 Å². The smallest absolute Gasteiger partial charge is 0.191 e. The fourth-order valence-electron chi connectivity index (χ4n) is 2.33. The number of nitrogens with zero attached hydrogens (tertiary/aromatic N) is 1. The molecule has 5 heteroatoms. The van der Waals surface area contributed by atoms with E-state index in [2.05, 4.69) is 27.8 Å². The highest BCUT2D eigenvalue weighted by Gasteiger charge is 2.02. The molecular weight excluding hydrogens is 305 g/mol. The lowest BCUT2D eigenvalue weighted by molar-refractivity contribution is 0.414. The van der Waals surface area contributed by atoms with Crippen molar-refractivity contribution in [2.24, 2.45) is 4.99 Å². The zero-order valence-corrected chi connectivity index (χ0v) is 14.2. The van der Waals surface area contributed by atoms with Crippen LogP contribution >= 0.6 is 0 Å². The average molecular weight is 329 g/mol. The molecule has 0 unspecified atom stereocenters. The molecule has 24 heavy (non-hydrogen) atoms. The van der Waals surface area contributed by atoms with Gasteiger partial charge in [-0.15, -0.1) is 0 Å². The van der Waals surface area contributed by atoms with Crippen LogP contribution in [0.25, 0.3) is 0 Å². The minimum Gasteiger partial charge on any atom is -0.497 e. The lowest BCUT2D eigenvalue weighted by atomic mass is 10.1. The summed E-state index contributed by atoms with van der Waals surface area (Å²) < 4.78 is 18.7. The van der Waals surface area contributed by atoms with Crippen molar-refractivity contribution in [3.8, 4) is 5.75 Å². The predicted octanol–water partition coefficient (Wildman–Crippen LogP) is 3.13. The van der Waals surface area contributed by atoms with Crippen LogP contribution in [0.5, 0.6) is 5.75 Å². The molecule has 2 aromatic rings. The second-order valence-corrected chi connectivity index (χ2v) is 5.40. The van der Waals surface area contributed by atoms with Gasteiger partial charge < -0.3 is 15.4 Å². The Morgan fingerprint density at radius 3 is 2.50 bits per heavy atom. The van der Waals surface area contributed by atoms with E-state index >= 15 is 0 Å². The molecule has 0 radical (unpaired) electrons. The molecule has 0 amide bonds. The number of aryl methyl sites for hydroxylation is 1. The van der Waals surface area contributed by atoms with E-state index in [-0.39, 0.29) is 5.82 Å². The number of hydrogen-bond acceptors (Lipinski definition) is 2. The summed E-state index contributed by atoms with van der Waals surface area (Å²) in [4.78, 5) is 4.16. The molecule has 0 saturated carbocycles. The summed E-state index contributed by atoms with van der Waals surface area (Å²) in [7, 11) is 3.37. The van der Waals surface area contributed by atoms with E-state index in [1.165, 1.54) is 11.6 Å². The molecule has 0 saturated heterocycles. The van der Waals surface area contributed by atoms with Crippen molar-refractivity contribution >= 4 is 5.96 Å². The van der Waals surface area contributed by atoms with Crippen molar-refractivity contribution in [2.45, 2.75) is 19.4 Å². The lowest BCUT2D eigenvalue weighted by Gasteiger charge is -2.12. The fourth-order valence-corrected chi connectivity index (χ4v) is 2.33. The van der Waals surface area contributed by atoms with Crippen LogP contribution in [0.1, 0.15) is 17.5 Å². The summed E-state index contributed by atoms with van der Waals surface area (Å²) in [5.74, 6) is 1.34. The Morgan fingerprint density at radius 2 is 1.83 bits per heavy atom. The van der Waals surface area contributed by atoms with E-state index in [1.54, 1.807) is 26.3 Å². The first-order chi connectivity index (χ1) is 11.7. The zero-order chi connectivity index (χ0) is 17.2. The molecule has 128 valence electrons.